The molecule has 0 radical (unpaired) electrons. The van der Waals surface area contributed by atoms with E-state index >= 15 is 0 Å². The van der Waals surface area contributed by atoms with E-state index in [4.69, 9.17) is 9.47 Å². The largest absolute Gasteiger partial charge is 0.497 e. The standard InChI is InChI=1S/C34H38N4O2/c1-5-26-8-10-27(11-9-26)24-38(25-28-12-14-29(15-13-28)30-7-6-18-36-20-30)32(22-35-2)23-37-21-31-16-17-33(39-3)19-34(31)40-4/h6-20,22,37H,2,5,21,23-25H2,1,3-4H3/b32-22-. The van der Waals surface area contributed by atoms with Gasteiger partial charge in [0.1, 0.15) is 11.5 Å². The molecule has 3 aromatic carbocycles. The first-order valence-electron chi connectivity index (χ1n) is 13.5. The fourth-order valence-electron chi connectivity index (χ4n) is 4.58. The van der Waals surface area contributed by atoms with Crippen LogP contribution in [0.5, 0.6) is 11.5 Å². The second kappa shape index (κ2) is 14.7. The van der Waals surface area contributed by atoms with Crippen LogP contribution in [0.3, 0.4) is 0 Å². The van der Waals surface area contributed by atoms with Crippen molar-refractivity contribution < 1.29 is 9.47 Å². The summed E-state index contributed by atoms with van der Waals surface area (Å²) in [6.07, 6.45) is 6.56. The minimum absolute atomic E-state index is 0.620. The summed E-state index contributed by atoms with van der Waals surface area (Å²) in [7, 11) is 3.33. The normalized spacial score (nSPS) is 11.2. The SMILES string of the molecule is C=N/C=C(/CNCc1ccc(OC)cc1OC)N(Cc1ccc(CC)cc1)Cc1ccc(-c2cccnc2)cc1. The number of rotatable bonds is 14. The minimum atomic E-state index is 0.620. The fourth-order valence-corrected chi connectivity index (χ4v) is 4.58. The second-order valence-electron chi connectivity index (χ2n) is 9.55. The summed E-state index contributed by atoms with van der Waals surface area (Å²) in [5.74, 6) is 1.56. The monoisotopic (exact) mass is 534 g/mol. The number of nitrogens with one attached hydrogen (secondary N) is 1. The van der Waals surface area contributed by atoms with Crippen LogP contribution in [0.4, 0.5) is 0 Å². The van der Waals surface area contributed by atoms with Gasteiger partial charge in [0.15, 0.2) is 0 Å². The van der Waals surface area contributed by atoms with E-state index in [1.807, 2.05) is 36.7 Å². The number of ether oxygens (including phenoxy) is 2. The summed E-state index contributed by atoms with van der Waals surface area (Å²) in [6.45, 7) is 8.68. The number of aryl methyl sites for hydroxylation is 1. The number of hydrogen-bond donors (Lipinski definition) is 1. The lowest BCUT2D eigenvalue weighted by Gasteiger charge is -2.28. The van der Waals surface area contributed by atoms with Crippen LogP contribution in [0.15, 0.2) is 108 Å². The van der Waals surface area contributed by atoms with Crippen LogP contribution in [0.2, 0.25) is 0 Å². The third-order valence-electron chi connectivity index (χ3n) is 6.89. The number of hydrogen-bond acceptors (Lipinski definition) is 6. The molecule has 0 atom stereocenters. The van der Waals surface area contributed by atoms with Gasteiger partial charge in [-0.15, -0.1) is 0 Å². The Kier molecular flexibility index (Phi) is 10.5. The maximum absolute atomic E-state index is 5.58. The van der Waals surface area contributed by atoms with E-state index in [2.05, 4.69) is 88.4 Å². The van der Waals surface area contributed by atoms with E-state index in [0.29, 0.717) is 13.1 Å². The molecule has 0 spiro atoms. The molecule has 0 unspecified atom stereocenters. The highest BCUT2D eigenvalue weighted by Gasteiger charge is 2.13. The maximum Gasteiger partial charge on any atom is 0.127 e. The molecule has 0 saturated heterocycles. The number of aromatic nitrogens is 1. The van der Waals surface area contributed by atoms with Crippen molar-refractivity contribution in [1.82, 2.24) is 15.2 Å². The molecule has 0 fully saturated rings. The zero-order valence-electron chi connectivity index (χ0n) is 23.6. The number of methoxy groups -OCH3 is 2. The maximum atomic E-state index is 5.58. The van der Waals surface area contributed by atoms with Gasteiger partial charge < -0.3 is 19.7 Å². The molecule has 4 rings (SSSR count). The molecule has 0 amide bonds. The van der Waals surface area contributed by atoms with Crippen molar-refractivity contribution in [1.29, 1.82) is 0 Å². The Bertz CT molecular complexity index is 1380. The van der Waals surface area contributed by atoms with Gasteiger partial charge in [-0.3, -0.25) is 9.98 Å². The zero-order chi connectivity index (χ0) is 28.2. The highest BCUT2D eigenvalue weighted by atomic mass is 16.5. The van der Waals surface area contributed by atoms with Gasteiger partial charge in [0.25, 0.3) is 0 Å². The first-order valence-corrected chi connectivity index (χ1v) is 13.5. The number of benzene rings is 3. The summed E-state index contributed by atoms with van der Waals surface area (Å²) in [5, 5.41) is 3.57. The Balaban J connectivity index is 1.53. The molecule has 4 aromatic rings. The summed E-state index contributed by atoms with van der Waals surface area (Å²) in [4.78, 5) is 10.8. The van der Waals surface area contributed by atoms with Crippen molar-refractivity contribution >= 4 is 6.72 Å². The topological polar surface area (TPSA) is 59.0 Å². The molecule has 1 N–H and O–H groups in total. The molecule has 40 heavy (non-hydrogen) atoms. The lowest BCUT2D eigenvalue weighted by molar-refractivity contribution is 0.316. The predicted molar refractivity (Wildman–Crippen MR) is 164 cm³/mol. The lowest BCUT2D eigenvalue weighted by atomic mass is 10.0. The van der Waals surface area contributed by atoms with Gasteiger partial charge in [0, 0.05) is 62.1 Å². The van der Waals surface area contributed by atoms with Crippen LogP contribution in [-0.4, -0.2) is 37.4 Å². The molecule has 0 bridgehead atoms. The van der Waals surface area contributed by atoms with Crippen LogP contribution >= 0.6 is 0 Å². The molecule has 0 saturated carbocycles. The summed E-state index contributed by atoms with van der Waals surface area (Å²) >= 11 is 0. The van der Waals surface area contributed by atoms with Gasteiger partial charge in [0.2, 0.25) is 0 Å². The minimum Gasteiger partial charge on any atom is -0.497 e. The average Bonchev–Trinajstić information content (AvgIpc) is 3.01. The summed E-state index contributed by atoms with van der Waals surface area (Å²) in [5.41, 5.74) is 8.16. The van der Waals surface area contributed by atoms with E-state index in [1.165, 1.54) is 16.7 Å². The zero-order valence-corrected chi connectivity index (χ0v) is 23.6. The first-order chi connectivity index (χ1) is 19.6. The molecular weight excluding hydrogens is 496 g/mol. The van der Waals surface area contributed by atoms with Gasteiger partial charge in [-0.1, -0.05) is 67.6 Å². The van der Waals surface area contributed by atoms with E-state index in [-0.39, 0.29) is 0 Å². The Labute approximate surface area is 238 Å². The molecule has 206 valence electrons. The van der Waals surface area contributed by atoms with Crippen LogP contribution in [-0.2, 0) is 26.1 Å². The van der Waals surface area contributed by atoms with Crippen molar-refractivity contribution in [3.8, 4) is 22.6 Å². The Morgan fingerprint density at radius 3 is 2.20 bits per heavy atom. The van der Waals surface area contributed by atoms with Crippen molar-refractivity contribution in [3.05, 3.63) is 125 Å². The second-order valence-corrected chi connectivity index (χ2v) is 9.55. The van der Waals surface area contributed by atoms with E-state index in [9.17, 15) is 0 Å². The van der Waals surface area contributed by atoms with Gasteiger partial charge in [-0.05, 0) is 53.1 Å². The fraction of sp³-hybridized carbons (Fsp3) is 0.235. The summed E-state index contributed by atoms with van der Waals surface area (Å²) < 4.78 is 10.9. The van der Waals surface area contributed by atoms with E-state index in [1.54, 1.807) is 20.4 Å². The van der Waals surface area contributed by atoms with Crippen LogP contribution in [0.1, 0.15) is 29.2 Å². The number of aliphatic imine (C=N–C) groups is 1. The first kappa shape index (κ1) is 28.6. The van der Waals surface area contributed by atoms with Crippen molar-refractivity contribution in [3.63, 3.8) is 0 Å². The molecule has 1 aromatic heterocycles. The van der Waals surface area contributed by atoms with Crippen molar-refractivity contribution in [2.75, 3.05) is 20.8 Å². The van der Waals surface area contributed by atoms with E-state index < -0.39 is 0 Å². The van der Waals surface area contributed by atoms with Crippen LogP contribution in [0, 0.1) is 0 Å². The highest BCUT2D eigenvalue weighted by Crippen LogP contribution is 2.25. The van der Waals surface area contributed by atoms with Crippen molar-refractivity contribution in [2.45, 2.75) is 33.0 Å². The molecule has 6 heteroatoms. The molecule has 0 aliphatic rings. The van der Waals surface area contributed by atoms with Gasteiger partial charge in [-0.2, -0.15) is 0 Å². The smallest absolute Gasteiger partial charge is 0.127 e. The number of pyridine rings is 1. The van der Waals surface area contributed by atoms with E-state index in [0.717, 1.165) is 53.4 Å². The molecule has 6 nitrogen and oxygen atoms in total. The Hall–Kier alpha value is -4.42. The van der Waals surface area contributed by atoms with Crippen molar-refractivity contribution in [2.24, 2.45) is 4.99 Å². The van der Waals surface area contributed by atoms with Gasteiger partial charge >= 0.3 is 0 Å². The molecule has 0 aliphatic heterocycles. The predicted octanol–water partition coefficient (Wildman–Crippen LogP) is 6.66. The van der Waals surface area contributed by atoms with Crippen LogP contribution < -0.4 is 14.8 Å². The Morgan fingerprint density at radius 2 is 1.60 bits per heavy atom. The number of nitrogens with zero attached hydrogens (tertiary/aromatic N) is 3. The highest BCUT2D eigenvalue weighted by molar-refractivity contribution is 5.62. The van der Waals surface area contributed by atoms with Gasteiger partial charge in [0.05, 0.1) is 14.2 Å². The molecule has 1 heterocycles. The molecule has 0 aliphatic carbocycles. The third-order valence-corrected chi connectivity index (χ3v) is 6.89. The summed E-state index contributed by atoms with van der Waals surface area (Å²) in [6, 6.07) is 27.4. The Morgan fingerprint density at radius 1 is 0.900 bits per heavy atom. The van der Waals surface area contributed by atoms with Crippen LogP contribution in [0.25, 0.3) is 11.1 Å². The quantitative estimate of drug-likeness (QED) is 0.183. The molecular formula is C34H38N4O2. The average molecular weight is 535 g/mol. The third kappa shape index (κ3) is 7.80. The lowest BCUT2D eigenvalue weighted by Crippen LogP contribution is -2.29. The van der Waals surface area contributed by atoms with Gasteiger partial charge in [-0.25, -0.2) is 0 Å².